The van der Waals surface area contributed by atoms with Gasteiger partial charge >= 0.3 is 0 Å². The van der Waals surface area contributed by atoms with Gasteiger partial charge in [-0.3, -0.25) is 43.5 Å². The molecule has 0 aliphatic rings. The molecule has 0 saturated carbocycles. The second-order valence-corrected chi connectivity index (χ2v) is 18.6. The quantitative estimate of drug-likeness (QED) is 0.0241. The molecule has 0 aliphatic carbocycles. The predicted molar refractivity (Wildman–Crippen MR) is 271 cm³/mol. The highest BCUT2D eigenvalue weighted by atomic mass is 16.3. The molecule has 71 heavy (non-hydrogen) atoms. The number of aliphatic imine (C=N–C) groups is 2. The van der Waals surface area contributed by atoms with E-state index in [2.05, 4.69) is 41.9 Å². The van der Waals surface area contributed by atoms with Gasteiger partial charge in [0, 0.05) is 25.9 Å². The van der Waals surface area contributed by atoms with Crippen molar-refractivity contribution in [2.45, 2.75) is 142 Å². The van der Waals surface area contributed by atoms with Crippen molar-refractivity contribution >= 4 is 53.3 Å². The molecule has 0 heterocycles. The molecule has 0 unspecified atom stereocenters. The third-order valence-electron chi connectivity index (χ3n) is 11.4. The summed E-state index contributed by atoms with van der Waals surface area (Å²) >= 11 is 0. The monoisotopic (exact) mass is 995 g/mol. The Hall–Kier alpha value is -7.17. The summed E-state index contributed by atoms with van der Waals surface area (Å²) < 4.78 is 0. The standard InChI is InChI=1S/C48H78N14O9/c1-7-28(6)39(62-41(66)33(49)22-26(2)3)46(71)61-38(25-30-14-18-32(64)19-15-30)45(70)58-35(11-9-21-56-48(53)54)43(68)60-37(23-27(4)5)44(69)57-34(10-8-20-55-47(51)52)42(67)59-36(40(50)65)24-29-12-16-31(63)17-13-29/h12-19,26-28,33-39,63-64H,7-11,20-25,49H2,1-6H3,(H2,50,65)(H,57,69)(H,58,70)(H,59,67)(H,60,68)(H,61,71)(H,62,66)(H4,51,52,55)(H4,53,54,56)/t28-,33-,34-,35-,36-,37-,38-,39-/m0/s1. The Kier molecular flexibility index (Phi) is 25.7. The minimum Gasteiger partial charge on any atom is -0.508 e. The van der Waals surface area contributed by atoms with Crippen LogP contribution in [0, 0.1) is 17.8 Å². The van der Waals surface area contributed by atoms with E-state index in [4.69, 9.17) is 34.4 Å². The summed E-state index contributed by atoms with van der Waals surface area (Å²) in [5.74, 6) is -6.09. The molecule has 2 rings (SSSR count). The van der Waals surface area contributed by atoms with E-state index in [0.29, 0.717) is 24.0 Å². The van der Waals surface area contributed by atoms with Crippen LogP contribution in [0.1, 0.15) is 97.6 Å². The van der Waals surface area contributed by atoms with Gasteiger partial charge in [-0.05, 0) is 91.7 Å². The van der Waals surface area contributed by atoms with Crippen LogP contribution in [0.3, 0.4) is 0 Å². The summed E-state index contributed by atoms with van der Waals surface area (Å²) in [4.78, 5) is 105. The van der Waals surface area contributed by atoms with E-state index in [0.717, 1.165) is 0 Å². The number of rotatable bonds is 31. The molecular weight excluding hydrogens is 917 g/mol. The molecule has 0 bridgehead atoms. The number of carbonyl (C=O) groups is 7. The van der Waals surface area contributed by atoms with Crippen LogP contribution in [-0.2, 0) is 46.4 Å². The van der Waals surface area contributed by atoms with Crippen LogP contribution in [0.4, 0.5) is 0 Å². The molecule has 0 aliphatic heterocycles. The Morgan fingerprint density at radius 2 is 0.887 bits per heavy atom. The summed E-state index contributed by atoms with van der Waals surface area (Å²) in [5.41, 5.74) is 35.0. The number of phenolic OH excluding ortho intramolecular Hbond substituents is 2. The van der Waals surface area contributed by atoms with E-state index >= 15 is 0 Å². The zero-order chi connectivity index (χ0) is 53.4. The van der Waals surface area contributed by atoms with Crippen LogP contribution >= 0.6 is 0 Å². The normalized spacial score (nSPS) is 14.5. The third kappa shape index (κ3) is 22.9. The molecule has 0 aromatic heterocycles. The molecule has 0 spiro atoms. The number of nitrogens with one attached hydrogen (secondary N) is 6. The molecule has 23 heteroatoms. The van der Waals surface area contributed by atoms with Gasteiger partial charge in [0.2, 0.25) is 41.4 Å². The van der Waals surface area contributed by atoms with Crippen molar-refractivity contribution in [3.8, 4) is 11.5 Å². The molecule has 2 aromatic rings. The van der Waals surface area contributed by atoms with Gasteiger partial charge in [0.15, 0.2) is 11.9 Å². The van der Waals surface area contributed by atoms with Crippen molar-refractivity contribution in [2.75, 3.05) is 13.1 Å². The molecular formula is C48H78N14O9. The molecule has 23 nitrogen and oxygen atoms in total. The fourth-order valence-electron chi connectivity index (χ4n) is 7.34. The number of hydrogen-bond donors (Lipinski definition) is 14. The van der Waals surface area contributed by atoms with E-state index in [1.54, 1.807) is 31.2 Å². The Balaban J connectivity index is 2.52. The maximum absolute atomic E-state index is 14.4. The Bertz CT molecular complexity index is 2110. The zero-order valence-electron chi connectivity index (χ0n) is 41.8. The number of benzene rings is 2. The van der Waals surface area contributed by atoms with Crippen LogP contribution in [0.15, 0.2) is 58.5 Å². The minimum atomic E-state index is -1.34. The van der Waals surface area contributed by atoms with E-state index in [1.165, 1.54) is 24.3 Å². The first-order valence-electron chi connectivity index (χ1n) is 23.9. The Labute approximate surface area is 415 Å². The Morgan fingerprint density at radius 3 is 1.30 bits per heavy atom. The third-order valence-corrected chi connectivity index (χ3v) is 11.4. The lowest BCUT2D eigenvalue weighted by Gasteiger charge is -2.29. The second-order valence-electron chi connectivity index (χ2n) is 18.6. The molecule has 8 atom stereocenters. The van der Waals surface area contributed by atoms with E-state index in [-0.39, 0.29) is 99.2 Å². The van der Waals surface area contributed by atoms with Gasteiger partial charge in [-0.25, -0.2) is 0 Å². The molecule has 2 aromatic carbocycles. The second kappa shape index (κ2) is 30.4. The largest absolute Gasteiger partial charge is 0.508 e. The number of nitrogens with zero attached hydrogens (tertiary/aromatic N) is 2. The van der Waals surface area contributed by atoms with Gasteiger partial charge < -0.3 is 76.5 Å². The number of guanidine groups is 2. The average Bonchev–Trinajstić information content (AvgIpc) is 3.29. The van der Waals surface area contributed by atoms with Crippen molar-refractivity contribution in [1.29, 1.82) is 0 Å². The number of nitrogens with two attached hydrogens (primary N) is 6. The van der Waals surface area contributed by atoms with Crippen molar-refractivity contribution in [2.24, 2.45) is 62.1 Å². The number of aromatic hydroxyl groups is 2. The van der Waals surface area contributed by atoms with Gasteiger partial charge in [0.25, 0.3) is 0 Å². The first kappa shape index (κ1) is 60.0. The summed E-state index contributed by atoms with van der Waals surface area (Å²) in [6, 6.07) is 3.49. The van der Waals surface area contributed by atoms with Crippen LogP contribution in [0.5, 0.6) is 11.5 Å². The summed E-state index contributed by atoms with van der Waals surface area (Å²) in [6.45, 7) is 11.2. The highest BCUT2D eigenvalue weighted by Crippen LogP contribution is 2.16. The number of primary amides is 1. The minimum absolute atomic E-state index is 0.00423. The van der Waals surface area contributed by atoms with Gasteiger partial charge in [0.05, 0.1) is 6.04 Å². The maximum atomic E-state index is 14.4. The number of phenols is 2. The maximum Gasteiger partial charge on any atom is 0.243 e. The van der Waals surface area contributed by atoms with Crippen molar-refractivity contribution in [3.05, 3.63) is 59.7 Å². The van der Waals surface area contributed by atoms with E-state index in [9.17, 15) is 43.8 Å². The first-order valence-corrected chi connectivity index (χ1v) is 23.9. The SMILES string of the molecule is CC[C@H](C)[C@H](NC(=O)[C@@H](N)CC(C)C)C(=O)N[C@@H](Cc1ccc(O)cc1)C(=O)N[C@@H](CCCN=C(N)N)C(=O)N[C@@H](CC(C)C)C(=O)N[C@@H](CCCN=C(N)N)C(=O)N[C@@H](Cc1ccc(O)cc1)C(N)=O. The first-order chi connectivity index (χ1) is 33.4. The van der Waals surface area contributed by atoms with Gasteiger partial charge in [-0.2, -0.15) is 0 Å². The molecule has 7 amide bonds. The van der Waals surface area contributed by atoms with Gasteiger partial charge in [0.1, 0.15) is 47.8 Å². The van der Waals surface area contributed by atoms with Crippen molar-refractivity contribution in [1.82, 2.24) is 31.9 Å². The lowest BCUT2D eigenvalue weighted by atomic mass is 9.96. The predicted octanol–water partition coefficient (Wildman–Crippen LogP) is -1.15. The highest BCUT2D eigenvalue weighted by Gasteiger charge is 2.35. The van der Waals surface area contributed by atoms with Crippen LogP contribution in [0.25, 0.3) is 0 Å². The number of amides is 7. The fraction of sp³-hybridized carbons (Fsp3) is 0.562. The van der Waals surface area contributed by atoms with Crippen LogP contribution < -0.4 is 66.3 Å². The number of carbonyl (C=O) groups excluding carboxylic acids is 7. The van der Waals surface area contributed by atoms with Crippen molar-refractivity contribution in [3.63, 3.8) is 0 Å². The van der Waals surface area contributed by atoms with Crippen molar-refractivity contribution < 1.29 is 43.8 Å². The zero-order valence-corrected chi connectivity index (χ0v) is 41.8. The van der Waals surface area contributed by atoms with Crippen LogP contribution in [0.2, 0.25) is 0 Å². The molecule has 394 valence electrons. The average molecular weight is 995 g/mol. The topological polar surface area (TPSA) is 413 Å². The fourth-order valence-corrected chi connectivity index (χ4v) is 7.34. The van der Waals surface area contributed by atoms with E-state index < -0.39 is 83.6 Å². The summed E-state index contributed by atoms with van der Waals surface area (Å²) in [7, 11) is 0. The highest BCUT2D eigenvalue weighted by molar-refractivity contribution is 5.97. The van der Waals surface area contributed by atoms with Gasteiger partial charge in [-0.1, -0.05) is 72.2 Å². The Morgan fingerprint density at radius 1 is 0.507 bits per heavy atom. The number of hydrogen-bond acceptors (Lipinski definition) is 12. The summed E-state index contributed by atoms with van der Waals surface area (Å²) in [6.07, 6.45) is 1.12. The van der Waals surface area contributed by atoms with E-state index in [1.807, 2.05) is 34.6 Å². The van der Waals surface area contributed by atoms with Gasteiger partial charge in [-0.15, -0.1) is 0 Å². The molecule has 0 radical (unpaired) electrons. The molecule has 0 saturated heterocycles. The smallest absolute Gasteiger partial charge is 0.243 e. The van der Waals surface area contributed by atoms with Crippen LogP contribution in [-0.4, -0.2) is 119 Å². The lowest BCUT2D eigenvalue weighted by Crippen LogP contribution is -2.61. The molecule has 20 N–H and O–H groups in total. The summed E-state index contributed by atoms with van der Waals surface area (Å²) in [5, 5.41) is 36.0. The lowest BCUT2D eigenvalue weighted by molar-refractivity contribution is -0.136. The molecule has 0 fully saturated rings.